The molecule has 0 radical (unpaired) electrons. The van der Waals surface area contributed by atoms with Crippen LogP contribution < -0.4 is 0 Å². The average molecular weight is 276 g/mol. The minimum Gasteiger partial charge on any atom is -0.396 e. The van der Waals surface area contributed by atoms with Gasteiger partial charge >= 0.3 is 0 Å². The number of piperidine rings is 1. The third-order valence-electron chi connectivity index (χ3n) is 3.96. The van der Waals surface area contributed by atoms with Crippen LogP contribution in [0.15, 0.2) is 0 Å². The van der Waals surface area contributed by atoms with Crippen molar-refractivity contribution in [1.29, 1.82) is 0 Å². The van der Waals surface area contributed by atoms with Crippen LogP contribution in [0.4, 0.5) is 0 Å². The van der Waals surface area contributed by atoms with Crippen molar-refractivity contribution < 1.29 is 13.5 Å². The maximum absolute atomic E-state index is 12.5. The van der Waals surface area contributed by atoms with Gasteiger partial charge in [-0.2, -0.15) is 17.0 Å². The Morgan fingerprint density at radius 1 is 0.944 bits per heavy atom. The zero-order valence-electron chi connectivity index (χ0n) is 10.9. The van der Waals surface area contributed by atoms with E-state index >= 15 is 0 Å². The topological polar surface area (TPSA) is 60.9 Å². The number of hydrogen-bond acceptors (Lipinski definition) is 3. The lowest BCUT2D eigenvalue weighted by Crippen LogP contribution is -2.48. The van der Waals surface area contributed by atoms with Crippen molar-refractivity contribution in [2.45, 2.75) is 38.5 Å². The van der Waals surface area contributed by atoms with Gasteiger partial charge in [0.25, 0.3) is 10.2 Å². The largest absolute Gasteiger partial charge is 0.396 e. The SMILES string of the molecule is O=S(=O)(N1CCCCCC1)N1CCCC(CO)C1. The van der Waals surface area contributed by atoms with Gasteiger partial charge in [-0.05, 0) is 31.6 Å². The van der Waals surface area contributed by atoms with Crippen molar-refractivity contribution in [3.05, 3.63) is 0 Å². The van der Waals surface area contributed by atoms with Gasteiger partial charge in [-0.15, -0.1) is 0 Å². The van der Waals surface area contributed by atoms with Crippen LogP contribution in [0.5, 0.6) is 0 Å². The minimum atomic E-state index is -3.30. The van der Waals surface area contributed by atoms with Gasteiger partial charge in [0.05, 0.1) is 0 Å². The van der Waals surface area contributed by atoms with Gasteiger partial charge in [-0.1, -0.05) is 12.8 Å². The first-order valence-electron chi connectivity index (χ1n) is 7.00. The van der Waals surface area contributed by atoms with E-state index in [1.807, 2.05) is 0 Å². The van der Waals surface area contributed by atoms with E-state index in [1.54, 1.807) is 8.61 Å². The monoisotopic (exact) mass is 276 g/mol. The molecular formula is C12H24N2O3S. The summed E-state index contributed by atoms with van der Waals surface area (Å²) in [7, 11) is -3.30. The van der Waals surface area contributed by atoms with Crippen LogP contribution in [-0.2, 0) is 10.2 Å². The number of rotatable bonds is 3. The van der Waals surface area contributed by atoms with Crippen LogP contribution in [0.1, 0.15) is 38.5 Å². The molecule has 0 amide bonds. The molecule has 0 bridgehead atoms. The van der Waals surface area contributed by atoms with Crippen molar-refractivity contribution in [3.8, 4) is 0 Å². The summed E-state index contributed by atoms with van der Waals surface area (Å²) in [5, 5.41) is 9.19. The third kappa shape index (κ3) is 3.23. The highest BCUT2D eigenvalue weighted by Gasteiger charge is 2.33. The molecule has 1 N–H and O–H groups in total. The van der Waals surface area contributed by atoms with Gasteiger partial charge in [0, 0.05) is 32.8 Å². The van der Waals surface area contributed by atoms with E-state index in [4.69, 9.17) is 0 Å². The molecule has 2 rings (SSSR count). The van der Waals surface area contributed by atoms with Crippen LogP contribution in [0.25, 0.3) is 0 Å². The van der Waals surface area contributed by atoms with Gasteiger partial charge < -0.3 is 5.11 Å². The lowest BCUT2D eigenvalue weighted by atomic mass is 10.0. The predicted molar refractivity (Wildman–Crippen MR) is 70.3 cm³/mol. The number of hydrogen-bond donors (Lipinski definition) is 1. The smallest absolute Gasteiger partial charge is 0.281 e. The third-order valence-corrected chi connectivity index (χ3v) is 5.96. The molecule has 5 nitrogen and oxygen atoms in total. The molecule has 2 aliphatic heterocycles. The first-order valence-corrected chi connectivity index (χ1v) is 8.40. The molecule has 2 fully saturated rings. The molecule has 0 aromatic rings. The van der Waals surface area contributed by atoms with Crippen LogP contribution in [-0.4, -0.2) is 54.9 Å². The van der Waals surface area contributed by atoms with E-state index in [0.717, 1.165) is 38.5 Å². The molecule has 1 unspecified atom stereocenters. The van der Waals surface area contributed by atoms with Crippen LogP contribution in [0.2, 0.25) is 0 Å². The highest BCUT2D eigenvalue weighted by molar-refractivity contribution is 7.86. The van der Waals surface area contributed by atoms with Gasteiger partial charge in [-0.25, -0.2) is 0 Å². The Hall–Kier alpha value is -0.170. The molecule has 0 aromatic heterocycles. The van der Waals surface area contributed by atoms with E-state index < -0.39 is 10.2 Å². The van der Waals surface area contributed by atoms with E-state index in [1.165, 1.54) is 0 Å². The van der Waals surface area contributed by atoms with Gasteiger partial charge in [0.1, 0.15) is 0 Å². The molecule has 2 saturated heterocycles. The van der Waals surface area contributed by atoms with E-state index in [-0.39, 0.29) is 12.5 Å². The summed E-state index contributed by atoms with van der Waals surface area (Å²) in [5.41, 5.74) is 0. The summed E-state index contributed by atoms with van der Waals surface area (Å²) in [5.74, 6) is 0.112. The summed E-state index contributed by atoms with van der Waals surface area (Å²) in [6.45, 7) is 2.49. The Bertz CT molecular complexity index is 350. The summed E-state index contributed by atoms with van der Waals surface area (Å²) >= 11 is 0. The van der Waals surface area contributed by atoms with E-state index in [0.29, 0.717) is 26.2 Å². The average Bonchev–Trinajstić information content (AvgIpc) is 2.68. The summed E-state index contributed by atoms with van der Waals surface area (Å²) in [6.07, 6.45) is 5.99. The highest BCUT2D eigenvalue weighted by Crippen LogP contribution is 2.22. The van der Waals surface area contributed by atoms with Crippen molar-refractivity contribution in [3.63, 3.8) is 0 Å². The van der Waals surface area contributed by atoms with Crippen LogP contribution in [0, 0.1) is 5.92 Å². The normalized spacial score (nSPS) is 29.1. The van der Waals surface area contributed by atoms with Gasteiger partial charge in [0.2, 0.25) is 0 Å². The zero-order chi connectivity index (χ0) is 13.0. The van der Waals surface area contributed by atoms with Gasteiger partial charge in [0.15, 0.2) is 0 Å². The fraction of sp³-hybridized carbons (Fsp3) is 1.00. The summed E-state index contributed by atoms with van der Waals surface area (Å²) in [6, 6.07) is 0. The number of nitrogens with zero attached hydrogens (tertiary/aromatic N) is 2. The van der Waals surface area contributed by atoms with E-state index in [2.05, 4.69) is 0 Å². The van der Waals surface area contributed by atoms with E-state index in [9.17, 15) is 13.5 Å². The van der Waals surface area contributed by atoms with Crippen LogP contribution in [0.3, 0.4) is 0 Å². The minimum absolute atomic E-state index is 0.0893. The quantitative estimate of drug-likeness (QED) is 0.830. The highest BCUT2D eigenvalue weighted by atomic mass is 32.2. The van der Waals surface area contributed by atoms with Gasteiger partial charge in [-0.3, -0.25) is 0 Å². The fourth-order valence-corrected chi connectivity index (χ4v) is 4.63. The molecule has 1 atom stereocenters. The predicted octanol–water partition coefficient (Wildman–Crippen LogP) is 0.811. The van der Waals surface area contributed by atoms with Crippen LogP contribution >= 0.6 is 0 Å². The first-order chi connectivity index (χ1) is 8.64. The molecule has 106 valence electrons. The second-order valence-electron chi connectivity index (χ2n) is 5.37. The van der Waals surface area contributed by atoms with Crippen molar-refractivity contribution in [2.24, 2.45) is 5.92 Å². The summed E-state index contributed by atoms with van der Waals surface area (Å²) < 4.78 is 28.3. The molecule has 0 aromatic carbocycles. The molecule has 2 heterocycles. The molecule has 0 aliphatic carbocycles. The van der Waals surface area contributed by atoms with Crippen molar-refractivity contribution in [1.82, 2.24) is 8.61 Å². The van der Waals surface area contributed by atoms with Crippen molar-refractivity contribution >= 4 is 10.2 Å². The van der Waals surface area contributed by atoms with Crippen molar-refractivity contribution in [2.75, 3.05) is 32.8 Å². The lowest BCUT2D eigenvalue weighted by molar-refractivity contribution is 0.161. The molecular weight excluding hydrogens is 252 g/mol. The molecule has 6 heteroatoms. The zero-order valence-corrected chi connectivity index (χ0v) is 11.7. The Morgan fingerprint density at radius 2 is 1.56 bits per heavy atom. The second-order valence-corrected chi connectivity index (χ2v) is 7.30. The standard InChI is InChI=1S/C12H24N2O3S/c15-11-12-6-5-9-14(10-12)18(16,17)13-7-3-1-2-4-8-13/h12,15H,1-11H2. The lowest BCUT2D eigenvalue weighted by Gasteiger charge is -2.34. The Balaban J connectivity index is 2.04. The molecule has 0 saturated carbocycles. The maximum atomic E-state index is 12.5. The number of aliphatic hydroxyl groups is 1. The molecule has 0 spiro atoms. The Labute approximate surface area is 110 Å². The second kappa shape index (κ2) is 6.32. The Morgan fingerprint density at radius 3 is 2.17 bits per heavy atom. The maximum Gasteiger partial charge on any atom is 0.281 e. The summed E-state index contributed by atoms with van der Waals surface area (Å²) in [4.78, 5) is 0. The molecule has 18 heavy (non-hydrogen) atoms. The molecule has 2 aliphatic rings. The first kappa shape index (κ1) is 14.2. The fourth-order valence-electron chi connectivity index (χ4n) is 2.82. The Kier molecular flexibility index (Phi) is 5.00. The number of aliphatic hydroxyl groups excluding tert-OH is 1.